The van der Waals surface area contributed by atoms with E-state index in [1.165, 1.54) is 0 Å². The van der Waals surface area contributed by atoms with Gasteiger partial charge < -0.3 is 9.84 Å². The van der Waals surface area contributed by atoms with Crippen LogP contribution in [0, 0.1) is 16.7 Å². The summed E-state index contributed by atoms with van der Waals surface area (Å²) in [6.07, 6.45) is 2.39. The molecular formula is C13H18O4. The van der Waals surface area contributed by atoms with E-state index in [-0.39, 0.29) is 17.1 Å². The van der Waals surface area contributed by atoms with Crippen LogP contribution in [0.2, 0.25) is 0 Å². The largest absolute Gasteiger partial charge is 0.422 e. The van der Waals surface area contributed by atoms with Crippen molar-refractivity contribution in [3.63, 3.8) is 0 Å². The van der Waals surface area contributed by atoms with Crippen LogP contribution < -0.4 is 0 Å². The first-order chi connectivity index (χ1) is 7.70. The standard InChI is InChI=1S/C13H18O4/c1-5-9(14)17-13(16)8-6-7-12(4,10(13)15)11(8,2)3/h5,8,16H,1,6-7H2,2-4H3. The summed E-state index contributed by atoms with van der Waals surface area (Å²) in [5, 5.41) is 10.4. The van der Waals surface area contributed by atoms with Gasteiger partial charge in [-0.2, -0.15) is 0 Å². The molecule has 2 saturated carbocycles. The summed E-state index contributed by atoms with van der Waals surface area (Å²) in [6.45, 7) is 9.01. The highest BCUT2D eigenvalue weighted by atomic mass is 16.7. The summed E-state index contributed by atoms with van der Waals surface area (Å²) in [5.74, 6) is -3.44. The number of aliphatic hydroxyl groups is 1. The van der Waals surface area contributed by atoms with Crippen molar-refractivity contribution in [2.45, 2.75) is 39.4 Å². The number of ether oxygens (including phenoxy) is 1. The van der Waals surface area contributed by atoms with Gasteiger partial charge >= 0.3 is 5.97 Å². The molecule has 94 valence electrons. The molecule has 0 aromatic rings. The molecule has 2 bridgehead atoms. The zero-order chi connectivity index (χ0) is 13.1. The maximum atomic E-state index is 12.3. The molecule has 0 aromatic heterocycles. The van der Waals surface area contributed by atoms with Gasteiger partial charge in [0.2, 0.25) is 5.78 Å². The van der Waals surface area contributed by atoms with Gasteiger partial charge in [-0.15, -0.1) is 0 Å². The molecule has 2 aliphatic carbocycles. The van der Waals surface area contributed by atoms with Crippen molar-refractivity contribution in [2.24, 2.45) is 16.7 Å². The molecule has 4 heteroatoms. The third-order valence-corrected chi connectivity index (χ3v) is 4.95. The maximum absolute atomic E-state index is 12.3. The van der Waals surface area contributed by atoms with Crippen molar-refractivity contribution in [3.8, 4) is 0 Å². The van der Waals surface area contributed by atoms with Crippen LogP contribution in [0.4, 0.5) is 0 Å². The second-order valence-electron chi connectivity index (χ2n) is 5.80. The minimum absolute atomic E-state index is 0.337. The van der Waals surface area contributed by atoms with E-state index < -0.39 is 17.2 Å². The zero-order valence-corrected chi connectivity index (χ0v) is 10.4. The molecule has 0 aromatic carbocycles. The highest BCUT2D eigenvalue weighted by Gasteiger charge is 2.75. The van der Waals surface area contributed by atoms with Gasteiger partial charge in [-0.3, -0.25) is 4.79 Å². The van der Waals surface area contributed by atoms with Crippen LogP contribution >= 0.6 is 0 Å². The summed E-state index contributed by atoms with van der Waals surface area (Å²) in [5.41, 5.74) is -0.978. The van der Waals surface area contributed by atoms with E-state index in [9.17, 15) is 14.7 Å². The van der Waals surface area contributed by atoms with Crippen molar-refractivity contribution < 1.29 is 19.4 Å². The Balaban J connectivity index is 2.43. The van der Waals surface area contributed by atoms with Gasteiger partial charge in [-0.25, -0.2) is 4.79 Å². The lowest BCUT2D eigenvalue weighted by molar-refractivity contribution is -0.222. The van der Waals surface area contributed by atoms with Crippen molar-refractivity contribution in [1.29, 1.82) is 0 Å². The van der Waals surface area contributed by atoms with Crippen LogP contribution in [0.25, 0.3) is 0 Å². The van der Waals surface area contributed by atoms with Crippen LogP contribution in [-0.4, -0.2) is 22.6 Å². The van der Waals surface area contributed by atoms with E-state index in [1.54, 1.807) is 0 Å². The lowest BCUT2D eigenvalue weighted by Gasteiger charge is -2.31. The summed E-state index contributed by atoms with van der Waals surface area (Å²) in [7, 11) is 0. The summed E-state index contributed by atoms with van der Waals surface area (Å²) in [4.78, 5) is 23.6. The summed E-state index contributed by atoms with van der Waals surface area (Å²) < 4.78 is 4.94. The second kappa shape index (κ2) is 3.19. The minimum atomic E-state index is -1.97. The van der Waals surface area contributed by atoms with Gasteiger partial charge in [0.15, 0.2) is 0 Å². The predicted molar refractivity (Wildman–Crippen MR) is 60.9 cm³/mol. The van der Waals surface area contributed by atoms with Crippen LogP contribution in [0.1, 0.15) is 33.6 Å². The first kappa shape index (κ1) is 12.3. The Hall–Kier alpha value is -1.16. The smallest absolute Gasteiger partial charge is 0.333 e. The Labute approximate surface area is 101 Å². The molecule has 3 atom stereocenters. The van der Waals surface area contributed by atoms with Crippen LogP contribution in [-0.2, 0) is 14.3 Å². The number of carbonyl (C=O) groups excluding carboxylic acids is 2. The Bertz CT molecular complexity index is 412. The predicted octanol–water partition coefficient (Wildman–Crippen LogP) is 1.43. The number of fused-ring (bicyclic) bond motifs is 2. The van der Waals surface area contributed by atoms with E-state index in [1.807, 2.05) is 20.8 Å². The first-order valence-corrected chi connectivity index (χ1v) is 5.83. The molecule has 17 heavy (non-hydrogen) atoms. The molecule has 0 saturated heterocycles. The van der Waals surface area contributed by atoms with Crippen LogP contribution in [0.15, 0.2) is 12.7 Å². The monoisotopic (exact) mass is 238 g/mol. The van der Waals surface area contributed by atoms with E-state index in [0.29, 0.717) is 6.42 Å². The summed E-state index contributed by atoms with van der Waals surface area (Å²) >= 11 is 0. The van der Waals surface area contributed by atoms with Crippen molar-refractivity contribution in [2.75, 3.05) is 0 Å². The van der Waals surface area contributed by atoms with Gasteiger partial charge in [0.1, 0.15) is 0 Å². The highest BCUT2D eigenvalue weighted by Crippen LogP contribution is 2.67. The van der Waals surface area contributed by atoms with E-state index in [4.69, 9.17) is 4.74 Å². The average molecular weight is 238 g/mol. The number of carbonyl (C=O) groups is 2. The first-order valence-electron chi connectivity index (χ1n) is 5.83. The fraction of sp³-hybridized carbons (Fsp3) is 0.692. The Morgan fingerprint density at radius 3 is 2.53 bits per heavy atom. The molecule has 2 rings (SSSR count). The zero-order valence-electron chi connectivity index (χ0n) is 10.4. The van der Waals surface area contributed by atoms with Gasteiger partial charge in [-0.05, 0) is 18.3 Å². The molecule has 1 N–H and O–H groups in total. The quantitative estimate of drug-likeness (QED) is 0.449. The fourth-order valence-corrected chi connectivity index (χ4v) is 3.46. The normalized spacial score (nSPS) is 42.6. The number of hydrogen-bond acceptors (Lipinski definition) is 4. The summed E-state index contributed by atoms with van der Waals surface area (Å²) in [6, 6.07) is 0. The van der Waals surface area contributed by atoms with Crippen molar-refractivity contribution >= 4 is 11.8 Å². The van der Waals surface area contributed by atoms with Gasteiger partial charge in [0, 0.05) is 17.4 Å². The van der Waals surface area contributed by atoms with Crippen molar-refractivity contribution in [1.82, 2.24) is 0 Å². The number of ketones is 1. The van der Waals surface area contributed by atoms with Crippen LogP contribution in [0.5, 0.6) is 0 Å². The van der Waals surface area contributed by atoms with Crippen molar-refractivity contribution in [3.05, 3.63) is 12.7 Å². The third-order valence-electron chi connectivity index (χ3n) is 4.95. The average Bonchev–Trinajstić information content (AvgIpc) is 2.53. The Morgan fingerprint density at radius 1 is 1.53 bits per heavy atom. The molecule has 3 unspecified atom stereocenters. The number of hydrogen-bond donors (Lipinski definition) is 1. The van der Waals surface area contributed by atoms with E-state index in [0.717, 1.165) is 12.5 Å². The lowest BCUT2D eigenvalue weighted by Crippen LogP contribution is -2.49. The van der Waals surface area contributed by atoms with Gasteiger partial charge in [-0.1, -0.05) is 27.4 Å². The highest BCUT2D eigenvalue weighted by molar-refractivity contribution is 5.98. The van der Waals surface area contributed by atoms with Crippen LogP contribution in [0.3, 0.4) is 0 Å². The lowest BCUT2D eigenvalue weighted by atomic mass is 9.70. The third kappa shape index (κ3) is 1.22. The molecular weight excluding hydrogens is 220 g/mol. The van der Waals surface area contributed by atoms with Gasteiger partial charge in [0.05, 0.1) is 0 Å². The molecule has 0 aliphatic heterocycles. The van der Waals surface area contributed by atoms with Gasteiger partial charge in [0.25, 0.3) is 5.79 Å². The van der Waals surface area contributed by atoms with E-state index >= 15 is 0 Å². The Morgan fingerprint density at radius 2 is 2.12 bits per heavy atom. The number of esters is 1. The molecule has 0 spiro atoms. The van der Waals surface area contributed by atoms with E-state index in [2.05, 4.69) is 6.58 Å². The Kier molecular flexibility index (Phi) is 2.31. The molecule has 2 aliphatic rings. The molecule has 2 fully saturated rings. The SMILES string of the molecule is C=CC(=O)OC1(O)C(=O)C2(C)CCC1C2(C)C. The molecule has 0 radical (unpaired) electrons. The minimum Gasteiger partial charge on any atom is -0.422 e. The number of Topliss-reactive ketones (excluding diaryl/α,β-unsaturated/α-hetero) is 1. The fourth-order valence-electron chi connectivity index (χ4n) is 3.46. The second-order valence-corrected chi connectivity index (χ2v) is 5.80. The molecule has 4 nitrogen and oxygen atoms in total. The number of rotatable bonds is 2. The topological polar surface area (TPSA) is 63.6 Å². The molecule has 0 amide bonds. The molecule has 0 heterocycles. The maximum Gasteiger partial charge on any atom is 0.333 e.